The SMILES string of the molecule is COc1ccc(-c2cc3n(n2)CC(C)(C(=O)NC2CCCCC2)N(CCCOC(C)C)C3=O)cc1. The molecule has 8 nitrogen and oxygen atoms in total. The van der Waals surface area contributed by atoms with Gasteiger partial charge in [-0.2, -0.15) is 5.10 Å². The van der Waals surface area contributed by atoms with Gasteiger partial charge in [0.2, 0.25) is 5.91 Å². The van der Waals surface area contributed by atoms with E-state index in [4.69, 9.17) is 14.6 Å². The number of aromatic nitrogens is 2. The normalized spacial score (nSPS) is 20.7. The summed E-state index contributed by atoms with van der Waals surface area (Å²) in [5, 5.41) is 7.98. The number of hydrogen-bond acceptors (Lipinski definition) is 5. The van der Waals surface area contributed by atoms with Crippen molar-refractivity contribution in [2.24, 2.45) is 0 Å². The van der Waals surface area contributed by atoms with Crippen LogP contribution in [0.1, 0.15) is 69.8 Å². The minimum Gasteiger partial charge on any atom is -0.497 e. The largest absolute Gasteiger partial charge is 0.497 e. The summed E-state index contributed by atoms with van der Waals surface area (Å²) in [4.78, 5) is 29.1. The summed E-state index contributed by atoms with van der Waals surface area (Å²) in [5.74, 6) is 0.486. The monoisotopic (exact) mass is 482 g/mol. The molecule has 1 fully saturated rings. The maximum absolute atomic E-state index is 13.7. The zero-order chi connectivity index (χ0) is 25.0. The molecule has 1 aliphatic heterocycles. The van der Waals surface area contributed by atoms with Crippen LogP contribution in [0, 0.1) is 0 Å². The molecule has 2 aromatic rings. The van der Waals surface area contributed by atoms with E-state index in [2.05, 4.69) is 5.32 Å². The number of methoxy groups -OCH3 is 1. The van der Waals surface area contributed by atoms with E-state index >= 15 is 0 Å². The molecule has 1 saturated carbocycles. The van der Waals surface area contributed by atoms with Gasteiger partial charge in [-0.25, -0.2) is 0 Å². The number of fused-ring (bicyclic) bond motifs is 1. The van der Waals surface area contributed by atoms with Gasteiger partial charge >= 0.3 is 0 Å². The molecule has 2 heterocycles. The summed E-state index contributed by atoms with van der Waals surface area (Å²) in [7, 11) is 1.63. The second-order valence-electron chi connectivity index (χ2n) is 10.1. The van der Waals surface area contributed by atoms with E-state index in [1.807, 2.05) is 51.1 Å². The number of carbonyl (C=O) groups excluding carboxylic acids is 2. The zero-order valence-corrected chi connectivity index (χ0v) is 21.4. The zero-order valence-electron chi connectivity index (χ0n) is 21.4. The predicted octanol–water partition coefficient (Wildman–Crippen LogP) is 4.04. The quantitative estimate of drug-likeness (QED) is 0.545. The molecule has 1 aromatic heterocycles. The summed E-state index contributed by atoms with van der Waals surface area (Å²) in [6.07, 6.45) is 6.25. The number of nitrogens with one attached hydrogen (secondary N) is 1. The number of nitrogens with zero attached hydrogens (tertiary/aromatic N) is 3. The third-order valence-corrected chi connectivity index (χ3v) is 7.09. The lowest BCUT2D eigenvalue weighted by Gasteiger charge is -2.44. The van der Waals surface area contributed by atoms with Gasteiger partial charge in [-0.1, -0.05) is 19.3 Å². The number of rotatable bonds is 9. The van der Waals surface area contributed by atoms with Crippen molar-refractivity contribution in [3.05, 3.63) is 36.0 Å². The fraction of sp³-hybridized carbons (Fsp3) is 0.593. The molecule has 1 aromatic carbocycles. The van der Waals surface area contributed by atoms with Crippen molar-refractivity contribution >= 4 is 11.8 Å². The molecule has 4 rings (SSSR count). The second-order valence-corrected chi connectivity index (χ2v) is 10.1. The van der Waals surface area contributed by atoms with Gasteiger partial charge in [0.05, 0.1) is 25.5 Å². The van der Waals surface area contributed by atoms with Crippen LogP contribution < -0.4 is 10.1 Å². The third kappa shape index (κ3) is 5.53. The van der Waals surface area contributed by atoms with E-state index < -0.39 is 5.54 Å². The standard InChI is InChI=1S/C27H38N4O4/c1-19(2)35-16-8-15-30-25(32)24-17-23(20-11-13-22(34-4)14-12-20)29-31(24)18-27(30,3)26(33)28-21-9-6-5-7-10-21/h11-14,17,19,21H,5-10,15-16,18H2,1-4H3,(H,28,33). The Labute approximate surface area is 208 Å². The lowest BCUT2D eigenvalue weighted by molar-refractivity contribution is -0.134. The van der Waals surface area contributed by atoms with Crippen molar-refractivity contribution in [3.63, 3.8) is 0 Å². The Kier molecular flexibility index (Phi) is 7.79. The maximum Gasteiger partial charge on any atom is 0.273 e. The van der Waals surface area contributed by atoms with Crippen LogP contribution in [0.3, 0.4) is 0 Å². The molecule has 35 heavy (non-hydrogen) atoms. The van der Waals surface area contributed by atoms with Crippen LogP contribution >= 0.6 is 0 Å². The Hall–Kier alpha value is -2.87. The highest BCUT2D eigenvalue weighted by Crippen LogP contribution is 2.31. The van der Waals surface area contributed by atoms with Crippen molar-refractivity contribution in [2.45, 2.75) is 83.5 Å². The summed E-state index contributed by atoms with van der Waals surface area (Å²) in [5.41, 5.74) is 1.08. The lowest BCUT2D eigenvalue weighted by atomic mass is 9.91. The number of carbonyl (C=O) groups is 2. The molecule has 2 aliphatic rings. The highest BCUT2D eigenvalue weighted by Gasteiger charge is 2.48. The Balaban J connectivity index is 1.60. The Morgan fingerprint density at radius 1 is 1.20 bits per heavy atom. The summed E-state index contributed by atoms with van der Waals surface area (Å²) in [6, 6.07) is 9.58. The Bertz CT molecular complexity index is 1030. The smallest absolute Gasteiger partial charge is 0.273 e. The summed E-state index contributed by atoms with van der Waals surface area (Å²) >= 11 is 0. The molecule has 0 bridgehead atoms. The van der Waals surface area contributed by atoms with Gasteiger partial charge in [-0.3, -0.25) is 14.3 Å². The first-order valence-corrected chi connectivity index (χ1v) is 12.8. The Morgan fingerprint density at radius 3 is 2.57 bits per heavy atom. The molecule has 1 unspecified atom stereocenters. The van der Waals surface area contributed by atoms with Gasteiger partial charge in [0.15, 0.2) is 0 Å². The highest BCUT2D eigenvalue weighted by atomic mass is 16.5. The molecule has 0 radical (unpaired) electrons. The first-order chi connectivity index (χ1) is 16.8. The van der Waals surface area contributed by atoms with Gasteiger partial charge in [-0.05, 0) is 70.4 Å². The molecular formula is C27H38N4O4. The van der Waals surface area contributed by atoms with Gasteiger partial charge in [0.25, 0.3) is 5.91 Å². The molecule has 190 valence electrons. The van der Waals surface area contributed by atoms with Gasteiger partial charge < -0.3 is 19.7 Å². The van der Waals surface area contributed by atoms with Crippen LogP contribution in [0.4, 0.5) is 0 Å². The van der Waals surface area contributed by atoms with Gasteiger partial charge in [0, 0.05) is 24.8 Å². The second kappa shape index (κ2) is 10.8. The van der Waals surface area contributed by atoms with Crippen LogP contribution in [0.2, 0.25) is 0 Å². The average Bonchev–Trinajstić information content (AvgIpc) is 3.28. The number of amides is 2. The van der Waals surface area contributed by atoms with Crippen molar-refractivity contribution in [2.75, 3.05) is 20.3 Å². The van der Waals surface area contributed by atoms with Crippen LogP contribution in [-0.4, -0.2) is 64.4 Å². The van der Waals surface area contributed by atoms with Crippen LogP contribution in [0.25, 0.3) is 11.3 Å². The van der Waals surface area contributed by atoms with E-state index in [-0.39, 0.29) is 24.0 Å². The molecule has 1 aliphatic carbocycles. The van der Waals surface area contributed by atoms with Crippen molar-refractivity contribution in [1.29, 1.82) is 0 Å². The van der Waals surface area contributed by atoms with Crippen LogP contribution in [0.15, 0.2) is 30.3 Å². The van der Waals surface area contributed by atoms with Crippen molar-refractivity contribution in [1.82, 2.24) is 20.0 Å². The molecule has 0 spiro atoms. The highest BCUT2D eigenvalue weighted by molar-refractivity contribution is 6.00. The number of benzene rings is 1. The molecule has 2 amide bonds. The first-order valence-electron chi connectivity index (χ1n) is 12.8. The topological polar surface area (TPSA) is 85.7 Å². The van der Waals surface area contributed by atoms with Crippen molar-refractivity contribution in [3.8, 4) is 17.0 Å². The van der Waals surface area contributed by atoms with Crippen LogP contribution in [-0.2, 0) is 16.1 Å². The maximum atomic E-state index is 13.7. The first kappa shape index (κ1) is 25.2. The number of hydrogen-bond donors (Lipinski definition) is 1. The van der Waals surface area contributed by atoms with E-state index in [1.54, 1.807) is 16.7 Å². The molecule has 1 N–H and O–H groups in total. The minimum absolute atomic E-state index is 0.102. The molecular weight excluding hydrogens is 444 g/mol. The van der Waals surface area contributed by atoms with E-state index in [0.717, 1.165) is 37.0 Å². The molecule has 8 heteroatoms. The average molecular weight is 483 g/mol. The van der Waals surface area contributed by atoms with E-state index in [9.17, 15) is 9.59 Å². The third-order valence-electron chi connectivity index (χ3n) is 7.09. The van der Waals surface area contributed by atoms with Gasteiger partial charge in [0.1, 0.15) is 17.0 Å². The summed E-state index contributed by atoms with van der Waals surface area (Å²) in [6.45, 7) is 7.15. The lowest BCUT2D eigenvalue weighted by Crippen LogP contribution is -2.65. The fourth-order valence-electron chi connectivity index (χ4n) is 5.02. The van der Waals surface area contributed by atoms with Crippen molar-refractivity contribution < 1.29 is 19.1 Å². The minimum atomic E-state index is -1.03. The molecule has 0 saturated heterocycles. The number of ether oxygens (including phenoxy) is 2. The van der Waals surface area contributed by atoms with Gasteiger partial charge in [-0.15, -0.1) is 0 Å². The molecule has 1 atom stereocenters. The van der Waals surface area contributed by atoms with E-state index in [0.29, 0.717) is 37.5 Å². The Morgan fingerprint density at radius 2 is 1.91 bits per heavy atom. The van der Waals surface area contributed by atoms with Crippen LogP contribution in [0.5, 0.6) is 5.75 Å². The predicted molar refractivity (Wildman–Crippen MR) is 134 cm³/mol. The fourth-order valence-corrected chi connectivity index (χ4v) is 5.02. The van der Waals surface area contributed by atoms with E-state index in [1.165, 1.54) is 6.42 Å². The summed E-state index contributed by atoms with van der Waals surface area (Å²) < 4.78 is 12.7.